The molecule has 0 N–H and O–H groups in total. The number of furan rings is 1. The number of nitrogens with zero attached hydrogens (tertiary/aromatic N) is 1. The predicted octanol–water partition coefficient (Wildman–Crippen LogP) is 18.4. The lowest BCUT2D eigenvalue weighted by Crippen LogP contribution is -2.10. The highest BCUT2D eigenvalue weighted by molar-refractivity contribution is 7.26. The van der Waals surface area contributed by atoms with Crippen molar-refractivity contribution in [3.05, 3.63) is 237 Å². The summed E-state index contributed by atoms with van der Waals surface area (Å²) in [5, 5.41) is 9.67. The molecule has 3 heteroatoms. The zero-order chi connectivity index (χ0) is 42.8. The Hall–Kier alpha value is -8.24. The van der Waals surface area contributed by atoms with Crippen molar-refractivity contribution >= 4 is 92.1 Å². The molecule has 65 heavy (non-hydrogen) atoms. The fourth-order valence-electron chi connectivity index (χ4n) is 9.88. The van der Waals surface area contributed by atoms with Gasteiger partial charge in [-0.2, -0.15) is 0 Å². The number of benzene rings is 11. The van der Waals surface area contributed by atoms with Crippen molar-refractivity contribution in [2.75, 3.05) is 4.90 Å². The van der Waals surface area contributed by atoms with E-state index in [0.29, 0.717) is 0 Å². The van der Waals surface area contributed by atoms with Crippen LogP contribution in [0, 0.1) is 0 Å². The van der Waals surface area contributed by atoms with E-state index in [9.17, 15) is 0 Å². The SMILES string of the molecule is c1ccc(-c2ccc3c(c2)oc2c(N(c4ccc(-c5ccc6c(ccc7ccccc76)c5)cc4)c4ccc(-c5ccccc5)c5sc6cc(-c7ccccc7)ccc6c45)cccc23)cc1. The second-order valence-corrected chi connectivity index (χ2v) is 17.9. The van der Waals surface area contributed by atoms with Crippen LogP contribution in [-0.2, 0) is 0 Å². The van der Waals surface area contributed by atoms with Gasteiger partial charge in [-0.05, 0) is 115 Å². The lowest BCUT2D eigenvalue weighted by Gasteiger charge is -2.27. The summed E-state index contributed by atoms with van der Waals surface area (Å²) in [5.74, 6) is 0. The molecule has 2 aromatic heterocycles. The molecular weight excluding hydrogens is 807 g/mol. The Labute approximate surface area is 380 Å². The second kappa shape index (κ2) is 15.2. The Kier molecular flexibility index (Phi) is 8.75. The molecule has 2 nitrogen and oxygen atoms in total. The Morgan fingerprint density at radius 1 is 0.338 bits per heavy atom. The fourth-order valence-corrected chi connectivity index (χ4v) is 11.2. The van der Waals surface area contributed by atoms with Gasteiger partial charge in [-0.1, -0.05) is 188 Å². The summed E-state index contributed by atoms with van der Waals surface area (Å²) in [5.41, 5.74) is 14.3. The van der Waals surface area contributed by atoms with Crippen LogP contribution in [0.5, 0.6) is 0 Å². The van der Waals surface area contributed by atoms with Crippen LogP contribution in [0.3, 0.4) is 0 Å². The van der Waals surface area contributed by atoms with Crippen LogP contribution in [0.25, 0.3) is 108 Å². The third-order valence-electron chi connectivity index (χ3n) is 13.1. The van der Waals surface area contributed by atoms with E-state index in [1.54, 1.807) is 0 Å². The topological polar surface area (TPSA) is 16.4 Å². The first-order valence-electron chi connectivity index (χ1n) is 22.1. The average Bonchev–Trinajstić information content (AvgIpc) is 3.96. The lowest BCUT2D eigenvalue weighted by atomic mass is 9.97. The molecule has 0 aliphatic heterocycles. The van der Waals surface area contributed by atoms with Crippen molar-refractivity contribution in [1.82, 2.24) is 0 Å². The largest absolute Gasteiger partial charge is 0.454 e. The molecular formula is C62H39NOS. The molecule has 11 aromatic carbocycles. The van der Waals surface area contributed by atoms with E-state index in [0.717, 1.165) is 55.7 Å². The van der Waals surface area contributed by atoms with Gasteiger partial charge in [-0.15, -0.1) is 11.3 Å². The third-order valence-corrected chi connectivity index (χ3v) is 14.2. The van der Waals surface area contributed by atoms with E-state index in [1.165, 1.54) is 69.5 Å². The molecule has 0 aliphatic carbocycles. The number of rotatable bonds is 7. The molecule has 0 amide bonds. The maximum absolute atomic E-state index is 7.03. The van der Waals surface area contributed by atoms with Gasteiger partial charge in [0, 0.05) is 36.6 Å². The summed E-state index contributed by atoms with van der Waals surface area (Å²) in [4.78, 5) is 2.42. The smallest absolute Gasteiger partial charge is 0.159 e. The molecule has 0 bridgehead atoms. The van der Waals surface area contributed by atoms with Crippen molar-refractivity contribution in [3.63, 3.8) is 0 Å². The van der Waals surface area contributed by atoms with Crippen LogP contribution in [0.2, 0.25) is 0 Å². The summed E-state index contributed by atoms with van der Waals surface area (Å²) in [6, 6.07) is 85.8. The summed E-state index contributed by atoms with van der Waals surface area (Å²) < 4.78 is 9.54. The Balaban J connectivity index is 1.03. The van der Waals surface area contributed by atoms with Crippen LogP contribution < -0.4 is 4.90 Å². The molecule has 13 rings (SSSR count). The normalized spacial score (nSPS) is 11.7. The molecule has 0 radical (unpaired) electrons. The quantitative estimate of drug-likeness (QED) is 0.149. The highest BCUT2D eigenvalue weighted by Gasteiger charge is 2.25. The van der Waals surface area contributed by atoms with Crippen molar-refractivity contribution in [3.8, 4) is 44.5 Å². The minimum atomic E-state index is 0.852. The number of para-hydroxylation sites is 1. The van der Waals surface area contributed by atoms with Crippen molar-refractivity contribution in [1.29, 1.82) is 0 Å². The van der Waals surface area contributed by atoms with E-state index in [2.05, 4.69) is 241 Å². The minimum Gasteiger partial charge on any atom is -0.454 e. The van der Waals surface area contributed by atoms with Gasteiger partial charge >= 0.3 is 0 Å². The predicted molar refractivity (Wildman–Crippen MR) is 278 cm³/mol. The molecule has 13 aromatic rings. The van der Waals surface area contributed by atoms with E-state index >= 15 is 0 Å². The molecule has 0 atom stereocenters. The third kappa shape index (κ3) is 6.31. The van der Waals surface area contributed by atoms with E-state index in [4.69, 9.17) is 4.42 Å². The molecule has 2 heterocycles. The average molecular weight is 846 g/mol. The zero-order valence-electron chi connectivity index (χ0n) is 35.3. The fraction of sp³-hybridized carbons (Fsp3) is 0. The molecule has 0 saturated carbocycles. The first kappa shape index (κ1) is 37.3. The minimum absolute atomic E-state index is 0.852. The number of anilines is 3. The Morgan fingerprint density at radius 2 is 0.908 bits per heavy atom. The highest BCUT2D eigenvalue weighted by atomic mass is 32.1. The van der Waals surface area contributed by atoms with Crippen LogP contribution in [-0.4, -0.2) is 0 Å². The van der Waals surface area contributed by atoms with Gasteiger partial charge < -0.3 is 9.32 Å². The standard InChI is InChI=1S/C62H39NOS/c1-4-13-40(14-5-1)46-28-33-53-54-21-12-22-57(61(54)64-58(53)38-46)63(49-30-25-42(26-31-49)45-27-32-51-48(37-45)24-23-44-19-10-11-20-50(44)51)56-36-35-52(43-17-8-3-9-18-43)62-60(56)55-34-29-47(39-59(55)65-62)41-15-6-2-7-16-41/h1-39H. The molecule has 0 fully saturated rings. The maximum Gasteiger partial charge on any atom is 0.159 e. The Morgan fingerprint density at radius 3 is 1.66 bits per heavy atom. The highest BCUT2D eigenvalue weighted by Crippen LogP contribution is 2.51. The van der Waals surface area contributed by atoms with Gasteiger partial charge in [0.05, 0.1) is 11.4 Å². The van der Waals surface area contributed by atoms with Crippen molar-refractivity contribution < 1.29 is 4.42 Å². The lowest BCUT2D eigenvalue weighted by molar-refractivity contribution is 0.669. The zero-order valence-corrected chi connectivity index (χ0v) is 36.1. The molecule has 304 valence electrons. The number of hydrogen-bond donors (Lipinski definition) is 0. The van der Waals surface area contributed by atoms with Crippen LogP contribution >= 0.6 is 11.3 Å². The first-order valence-corrected chi connectivity index (χ1v) is 23.0. The van der Waals surface area contributed by atoms with Gasteiger partial charge in [0.2, 0.25) is 0 Å². The van der Waals surface area contributed by atoms with E-state index in [-0.39, 0.29) is 0 Å². The maximum atomic E-state index is 7.03. The van der Waals surface area contributed by atoms with Crippen LogP contribution in [0.1, 0.15) is 0 Å². The van der Waals surface area contributed by atoms with Gasteiger partial charge in [0.15, 0.2) is 5.58 Å². The van der Waals surface area contributed by atoms with Crippen LogP contribution in [0.15, 0.2) is 241 Å². The summed E-state index contributed by atoms with van der Waals surface area (Å²) in [6.07, 6.45) is 0. The summed E-state index contributed by atoms with van der Waals surface area (Å²) in [6.45, 7) is 0. The number of fused-ring (bicyclic) bond motifs is 9. The van der Waals surface area contributed by atoms with E-state index < -0.39 is 0 Å². The van der Waals surface area contributed by atoms with Crippen molar-refractivity contribution in [2.45, 2.75) is 0 Å². The van der Waals surface area contributed by atoms with Gasteiger partial charge in [0.1, 0.15) is 5.58 Å². The molecule has 0 aliphatic rings. The summed E-state index contributed by atoms with van der Waals surface area (Å²) >= 11 is 1.87. The Bertz CT molecular complexity index is 3920. The summed E-state index contributed by atoms with van der Waals surface area (Å²) in [7, 11) is 0. The van der Waals surface area contributed by atoms with Crippen LogP contribution in [0.4, 0.5) is 17.1 Å². The molecule has 0 spiro atoms. The number of hydrogen-bond acceptors (Lipinski definition) is 3. The van der Waals surface area contributed by atoms with Gasteiger partial charge in [0.25, 0.3) is 0 Å². The number of thiophene rings is 1. The second-order valence-electron chi connectivity index (χ2n) is 16.8. The van der Waals surface area contributed by atoms with E-state index in [1.807, 2.05) is 11.3 Å². The van der Waals surface area contributed by atoms with Crippen molar-refractivity contribution in [2.24, 2.45) is 0 Å². The van der Waals surface area contributed by atoms with Gasteiger partial charge in [-0.3, -0.25) is 0 Å². The monoisotopic (exact) mass is 845 g/mol. The first-order chi connectivity index (χ1) is 32.2. The molecule has 0 unspecified atom stereocenters. The molecule has 0 saturated heterocycles. The van der Waals surface area contributed by atoms with Gasteiger partial charge in [-0.25, -0.2) is 0 Å².